The maximum Gasteiger partial charge on any atom is 0.143 e. The van der Waals surface area contributed by atoms with Gasteiger partial charge in [-0.25, -0.2) is 0 Å². The van der Waals surface area contributed by atoms with Crippen molar-refractivity contribution in [2.45, 2.75) is 33.9 Å². The van der Waals surface area contributed by atoms with Gasteiger partial charge in [0.05, 0.1) is 5.58 Å². The van der Waals surface area contributed by atoms with Crippen molar-refractivity contribution in [1.29, 1.82) is 0 Å². The zero-order chi connectivity index (χ0) is 39.6. The van der Waals surface area contributed by atoms with E-state index in [1.165, 1.54) is 24.4 Å². The predicted octanol–water partition coefficient (Wildman–Crippen LogP) is 11.9. The van der Waals surface area contributed by atoms with Gasteiger partial charge in [-0.1, -0.05) is 79.7 Å². The summed E-state index contributed by atoms with van der Waals surface area (Å²) in [6.07, 6.45) is 1.50. The summed E-state index contributed by atoms with van der Waals surface area (Å²) in [5.41, 5.74) is 6.72. The second-order valence-electron chi connectivity index (χ2n) is 11.9. The van der Waals surface area contributed by atoms with Crippen molar-refractivity contribution in [3.05, 3.63) is 144 Å². The molecule has 9 aromatic rings. The zero-order valence-electron chi connectivity index (χ0n) is 34.6. The molecule has 0 aliphatic carbocycles. The molecule has 0 saturated heterocycles. The summed E-state index contributed by atoms with van der Waals surface area (Å²) in [7, 11) is 0. The topological polar surface area (TPSA) is 52.1 Å². The van der Waals surface area contributed by atoms with Crippen LogP contribution in [0, 0.1) is 31.8 Å². The molecule has 0 aliphatic rings. The molecule has 0 amide bonds. The van der Waals surface area contributed by atoms with Crippen LogP contribution in [0.1, 0.15) is 41.5 Å². The molecule has 0 saturated carbocycles. The largest absolute Gasteiger partial charge is 0.500 e. The van der Waals surface area contributed by atoms with Gasteiger partial charge in [-0.15, -0.1) is 53.6 Å². The third kappa shape index (κ3) is 6.17. The van der Waals surface area contributed by atoms with Gasteiger partial charge in [0, 0.05) is 70.4 Å². The summed E-state index contributed by atoms with van der Waals surface area (Å²) >= 11 is 0. The molecule has 243 valence electrons. The molecule has 0 fully saturated rings. The minimum atomic E-state index is -2.18. The second-order valence-corrected chi connectivity index (χ2v) is 11.9. The molecule has 5 aromatic carbocycles. The molecule has 4 heterocycles. The fourth-order valence-corrected chi connectivity index (χ4v) is 6.11. The Bertz CT molecular complexity index is 2840. The molecular weight excluding hydrogens is 781 g/mol. The van der Waals surface area contributed by atoms with Crippen LogP contribution >= 0.6 is 0 Å². The van der Waals surface area contributed by atoms with Gasteiger partial charge in [0.1, 0.15) is 16.7 Å². The van der Waals surface area contributed by atoms with E-state index in [0.29, 0.717) is 28.1 Å². The molecule has 0 atom stereocenters. The Balaban J connectivity index is 0.000000202. The number of hydrogen-bond donors (Lipinski definition) is 0. The molecule has 0 N–H and O–H groups in total. The molecule has 9 rings (SSSR count). The van der Waals surface area contributed by atoms with Gasteiger partial charge in [0.2, 0.25) is 0 Å². The number of nitrogens with zero attached hydrogens (tertiary/aromatic N) is 2. The van der Waals surface area contributed by atoms with E-state index in [-0.39, 0.29) is 37.2 Å². The van der Waals surface area contributed by atoms with Gasteiger partial charge in [-0.3, -0.25) is 0 Å². The Labute approximate surface area is 310 Å². The van der Waals surface area contributed by atoms with Gasteiger partial charge in [0.15, 0.2) is 0 Å². The maximum absolute atomic E-state index is 8.52. The summed E-state index contributed by atoms with van der Waals surface area (Å²) < 4.78 is 73.5. The smallest absolute Gasteiger partial charge is 0.143 e. The van der Waals surface area contributed by atoms with Crippen molar-refractivity contribution in [3.8, 4) is 22.5 Å². The monoisotopic (exact) mass is 823 g/mol. The van der Waals surface area contributed by atoms with E-state index >= 15 is 0 Å². The Hall–Kier alpha value is -5.09. The van der Waals surface area contributed by atoms with E-state index in [1.807, 2.05) is 50.2 Å². The molecule has 5 heteroatoms. The van der Waals surface area contributed by atoms with Crippen molar-refractivity contribution >= 4 is 54.6 Å². The van der Waals surface area contributed by atoms with Crippen molar-refractivity contribution in [1.82, 2.24) is 9.97 Å². The molecule has 0 unspecified atom stereocenters. The number of para-hydroxylation sites is 1. The standard InChI is InChI=1S/C31H22NO2.C13H12N.Ir/c1-18(2)16-19-14-15-32-27(17-19)26-8-5-7-21-23-12-13-24-25(30(23)34-31(21)26)11-10-22-20-6-3-4-9-28(20)33-29(22)24;1-10-3-6-12(7-4-10)13-8-5-11(2)9-14-13;/h3-7,9-15,17-18H,16H2,1-2H3;3-6,8-9H,1-2H3;/q2*-1;/i16D2;1D3,2D3;. The first-order chi connectivity index (χ1) is 26.6. The third-order valence-electron chi connectivity index (χ3n) is 8.26. The van der Waals surface area contributed by atoms with Gasteiger partial charge < -0.3 is 18.8 Å². The summed E-state index contributed by atoms with van der Waals surface area (Å²) in [5, 5.41) is 6.16. The maximum atomic E-state index is 8.52. The minimum absolute atomic E-state index is 0. The fourth-order valence-electron chi connectivity index (χ4n) is 6.11. The van der Waals surface area contributed by atoms with Crippen molar-refractivity contribution in [3.63, 3.8) is 0 Å². The van der Waals surface area contributed by atoms with Gasteiger partial charge in [0.25, 0.3) is 0 Å². The zero-order valence-corrected chi connectivity index (χ0v) is 29.0. The summed E-state index contributed by atoms with van der Waals surface area (Å²) in [5.74, 6) is -0.167. The quantitative estimate of drug-likeness (QED) is 0.166. The predicted molar refractivity (Wildman–Crippen MR) is 197 cm³/mol. The van der Waals surface area contributed by atoms with E-state index in [1.54, 1.807) is 24.4 Å². The van der Waals surface area contributed by atoms with Gasteiger partial charge in [-0.05, 0) is 66.4 Å². The molecule has 4 nitrogen and oxygen atoms in total. The first kappa shape index (κ1) is 24.1. The third-order valence-corrected chi connectivity index (χ3v) is 8.26. The summed E-state index contributed by atoms with van der Waals surface area (Å²) in [6, 6.07) is 37.6. The van der Waals surface area contributed by atoms with Crippen LogP contribution in [0.4, 0.5) is 0 Å². The number of aromatic nitrogens is 2. The normalized spacial score (nSPS) is 14.6. The van der Waals surface area contributed by atoms with Crippen LogP contribution in [0.15, 0.2) is 124 Å². The van der Waals surface area contributed by atoms with Crippen LogP contribution in [0.3, 0.4) is 0 Å². The van der Waals surface area contributed by atoms with Crippen LogP contribution in [0.5, 0.6) is 0 Å². The van der Waals surface area contributed by atoms with Crippen molar-refractivity contribution < 1.29 is 39.9 Å². The summed E-state index contributed by atoms with van der Waals surface area (Å²) in [6.45, 7) is -0.569. The number of rotatable bonds is 4. The first-order valence-corrected chi connectivity index (χ1v) is 15.7. The Kier molecular flexibility index (Phi) is 6.61. The summed E-state index contributed by atoms with van der Waals surface area (Å²) in [4.78, 5) is 8.63. The number of aryl methyl sites for hydroxylation is 2. The number of hydrogen-bond acceptors (Lipinski definition) is 4. The molecule has 49 heavy (non-hydrogen) atoms. The van der Waals surface area contributed by atoms with Gasteiger partial charge >= 0.3 is 0 Å². The van der Waals surface area contributed by atoms with Crippen molar-refractivity contribution in [2.24, 2.45) is 5.92 Å². The second kappa shape index (κ2) is 13.4. The van der Waals surface area contributed by atoms with E-state index < -0.39 is 20.1 Å². The SMILES string of the molecule is [2H]C([2H])([2H])c1c[c-]c(-c2ccc(C([2H])([2H])[2H])cn2)cc1.[2H]C([2H])(c1ccnc(-c2[c-]ccc3c2oc2c3ccc3c2ccc2c4ccccc4oc23)c1)C(C)C.[Ir]. The number of pyridine rings is 2. The van der Waals surface area contributed by atoms with E-state index in [0.717, 1.165) is 54.6 Å². The number of fused-ring (bicyclic) bond motifs is 9. The van der Waals surface area contributed by atoms with Crippen LogP contribution in [-0.2, 0) is 26.5 Å². The van der Waals surface area contributed by atoms with Crippen LogP contribution < -0.4 is 0 Å². The van der Waals surface area contributed by atoms with E-state index in [2.05, 4.69) is 52.4 Å². The number of benzene rings is 5. The van der Waals surface area contributed by atoms with Crippen LogP contribution in [0.2, 0.25) is 0 Å². The Morgan fingerprint density at radius 3 is 2.10 bits per heavy atom. The molecule has 4 aromatic heterocycles. The minimum Gasteiger partial charge on any atom is -0.500 e. The average molecular weight is 823 g/mol. The molecular formula is C44H34IrN2O2-2. The molecule has 1 radical (unpaired) electrons. The van der Waals surface area contributed by atoms with Crippen molar-refractivity contribution in [2.75, 3.05) is 0 Å². The Morgan fingerprint density at radius 2 is 1.41 bits per heavy atom. The average Bonchev–Trinajstić information content (AvgIpc) is 3.77. The number of furan rings is 2. The van der Waals surface area contributed by atoms with E-state index in [9.17, 15) is 0 Å². The molecule has 0 bridgehead atoms. The molecule has 0 spiro atoms. The Morgan fingerprint density at radius 1 is 0.694 bits per heavy atom. The van der Waals surface area contributed by atoms with Crippen LogP contribution in [0.25, 0.3) is 77.2 Å². The van der Waals surface area contributed by atoms with E-state index in [4.69, 9.17) is 19.8 Å². The van der Waals surface area contributed by atoms with Gasteiger partial charge in [-0.2, -0.15) is 0 Å². The first-order valence-electron chi connectivity index (χ1n) is 19.7. The fraction of sp³-hybridized carbons (Fsp3) is 0.136. The molecule has 0 aliphatic heterocycles. The van der Waals surface area contributed by atoms with Crippen LogP contribution in [-0.4, -0.2) is 9.97 Å².